The third-order valence-electron chi connectivity index (χ3n) is 4.73. The van der Waals surface area contributed by atoms with Crippen molar-refractivity contribution >= 4 is 5.96 Å². The Balaban J connectivity index is 2.04. The van der Waals surface area contributed by atoms with Crippen molar-refractivity contribution in [1.82, 2.24) is 15.5 Å². The summed E-state index contributed by atoms with van der Waals surface area (Å²) in [6.07, 6.45) is 0. The Bertz CT molecular complexity index is 840. The number of guanidine groups is 1. The van der Waals surface area contributed by atoms with Crippen molar-refractivity contribution in [3.8, 4) is 11.5 Å². The Hall–Kier alpha value is -2.77. The molecule has 2 aromatic carbocycles. The van der Waals surface area contributed by atoms with Crippen molar-refractivity contribution in [3.05, 3.63) is 59.2 Å². The standard InChI is InChI=1S/C25H38N4O3/c1-6-26-25(27-18-21-9-7-8-10-23(21)31-14-13-29(3)4)28-19-22-12-11-20(2)17-24(22)32-16-15-30-5/h7-12,17H,6,13-16,18-19H2,1-5H3,(H2,26,27,28). The predicted octanol–water partition coefficient (Wildman–Crippen LogP) is 3.22. The molecule has 7 heteroatoms. The molecule has 0 unspecified atom stereocenters. The quantitative estimate of drug-likeness (QED) is 0.282. The first-order valence-corrected chi connectivity index (χ1v) is 11.1. The lowest BCUT2D eigenvalue weighted by molar-refractivity contribution is 0.145. The Morgan fingerprint density at radius 1 is 0.938 bits per heavy atom. The second-order valence-electron chi connectivity index (χ2n) is 7.76. The summed E-state index contributed by atoms with van der Waals surface area (Å²) >= 11 is 0. The van der Waals surface area contributed by atoms with E-state index in [0.29, 0.717) is 32.9 Å². The van der Waals surface area contributed by atoms with Gasteiger partial charge in [0.15, 0.2) is 5.96 Å². The first kappa shape index (κ1) is 25.5. The SMILES string of the molecule is CCNC(=NCc1ccccc1OCCN(C)C)NCc1ccc(C)cc1OCCOC. The van der Waals surface area contributed by atoms with E-state index < -0.39 is 0 Å². The molecule has 0 spiro atoms. The number of methoxy groups -OCH3 is 1. The molecule has 0 aromatic heterocycles. The number of benzene rings is 2. The number of aliphatic imine (C=N–C) groups is 1. The molecule has 7 nitrogen and oxygen atoms in total. The van der Waals surface area contributed by atoms with E-state index in [1.165, 1.54) is 0 Å². The lowest BCUT2D eigenvalue weighted by Gasteiger charge is -2.16. The van der Waals surface area contributed by atoms with E-state index in [4.69, 9.17) is 19.2 Å². The van der Waals surface area contributed by atoms with Crippen LogP contribution in [0.25, 0.3) is 0 Å². The third kappa shape index (κ3) is 9.16. The average Bonchev–Trinajstić information content (AvgIpc) is 2.77. The van der Waals surface area contributed by atoms with Crippen LogP contribution in [0.2, 0.25) is 0 Å². The molecule has 2 aromatic rings. The summed E-state index contributed by atoms with van der Waals surface area (Å²) in [6.45, 7) is 8.61. The normalized spacial score (nSPS) is 11.5. The first-order chi connectivity index (χ1) is 15.5. The average molecular weight is 443 g/mol. The van der Waals surface area contributed by atoms with Gasteiger partial charge in [0.05, 0.1) is 13.2 Å². The summed E-state index contributed by atoms with van der Waals surface area (Å²) in [5, 5.41) is 6.73. The Morgan fingerprint density at radius 2 is 1.72 bits per heavy atom. The van der Waals surface area contributed by atoms with Gasteiger partial charge in [0.1, 0.15) is 24.7 Å². The molecular weight excluding hydrogens is 404 g/mol. The number of nitrogens with one attached hydrogen (secondary N) is 2. The number of hydrogen-bond donors (Lipinski definition) is 2. The van der Waals surface area contributed by atoms with Gasteiger partial charge in [-0.1, -0.05) is 30.3 Å². The molecule has 2 N–H and O–H groups in total. The van der Waals surface area contributed by atoms with Crippen LogP contribution in [0.4, 0.5) is 0 Å². The van der Waals surface area contributed by atoms with Crippen molar-refractivity contribution in [1.29, 1.82) is 0 Å². The lowest BCUT2D eigenvalue weighted by atomic mass is 10.1. The zero-order valence-electron chi connectivity index (χ0n) is 20.1. The first-order valence-electron chi connectivity index (χ1n) is 11.1. The number of nitrogens with zero attached hydrogens (tertiary/aromatic N) is 2. The molecule has 0 bridgehead atoms. The molecule has 0 fully saturated rings. The van der Waals surface area contributed by atoms with E-state index in [0.717, 1.165) is 47.2 Å². The van der Waals surface area contributed by atoms with Gasteiger partial charge in [-0.3, -0.25) is 0 Å². The second-order valence-corrected chi connectivity index (χ2v) is 7.76. The largest absolute Gasteiger partial charge is 0.492 e. The minimum atomic E-state index is 0.520. The second kappa shape index (κ2) is 14.3. The van der Waals surface area contributed by atoms with Gasteiger partial charge in [-0.15, -0.1) is 0 Å². The van der Waals surface area contributed by atoms with Gasteiger partial charge < -0.3 is 29.7 Å². The topological polar surface area (TPSA) is 67.4 Å². The molecule has 2 rings (SSSR count). The molecule has 176 valence electrons. The maximum Gasteiger partial charge on any atom is 0.191 e. The lowest BCUT2D eigenvalue weighted by Crippen LogP contribution is -2.36. The van der Waals surface area contributed by atoms with Crippen LogP contribution >= 0.6 is 0 Å². The van der Waals surface area contributed by atoms with Gasteiger partial charge in [-0.05, 0) is 45.6 Å². The summed E-state index contributed by atoms with van der Waals surface area (Å²) in [5.41, 5.74) is 3.29. The molecule has 0 saturated carbocycles. The highest BCUT2D eigenvalue weighted by atomic mass is 16.5. The van der Waals surface area contributed by atoms with Crippen LogP contribution in [0, 0.1) is 6.92 Å². The smallest absolute Gasteiger partial charge is 0.191 e. The number of ether oxygens (including phenoxy) is 3. The fourth-order valence-electron chi connectivity index (χ4n) is 2.98. The van der Waals surface area contributed by atoms with Crippen molar-refractivity contribution < 1.29 is 14.2 Å². The highest BCUT2D eigenvalue weighted by Crippen LogP contribution is 2.21. The minimum absolute atomic E-state index is 0.520. The molecule has 0 aliphatic carbocycles. The Kier molecular flexibility index (Phi) is 11.4. The van der Waals surface area contributed by atoms with Crippen molar-refractivity contribution in [2.75, 3.05) is 54.1 Å². The number of hydrogen-bond acceptors (Lipinski definition) is 5. The summed E-state index contributed by atoms with van der Waals surface area (Å²) in [7, 11) is 5.75. The van der Waals surface area contributed by atoms with Crippen molar-refractivity contribution in [2.45, 2.75) is 26.9 Å². The molecule has 0 atom stereocenters. The maximum absolute atomic E-state index is 5.96. The van der Waals surface area contributed by atoms with E-state index in [1.54, 1.807) is 7.11 Å². The van der Waals surface area contributed by atoms with Crippen molar-refractivity contribution in [3.63, 3.8) is 0 Å². The monoisotopic (exact) mass is 442 g/mol. The Morgan fingerprint density at radius 3 is 2.47 bits per heavy atom. The predicted molar refractivity (Wildman–Crippen MR) is 131 cm³/mol. The molecule has 0 aliphatic rings. The zero-order chi connectivity index (χ0) is 23.2. The zero-order valence-corrected chi connectivity index (χ0v) is 20.1. The van der Waals surface area contributed by atoms with E-state index in [-0.39, 0.29) is 0 Å². The molecule has 0 amide bonds. The third-order valence-corrected chi connectivity index (χ3v) is 4.73. The number of likely N-dealkylation sites (N-methyl/N-ethyl adjacent to an activating group) is 1. The van der Waals surface area contributed by atoms with E-state index in [2.05, 4.69) is 53.6 Å². The summed E-state index contributed by atoms with van der Waals surface area (Å²) in [5.74, 6) is 2.49. The highest BCUT2D eigenvalue weighted by molar-refractivity contribution is 5.79. The van der Waals surface area contributed by atoms with E-state index in [1.807, 2.05) is 32.3 Å². The molecule has 0 aliphatic heterocycles. The Labute approximate surface area is 192 Å². The van der Waals surface area contributed by atoms with Gasteiger partial charge in [0.2, 0.25) is 0 Å². The van der Waals surface area contributed by atoms with Crippen LogP contribution in [0.15, 0.2) is 47.5 Å². The number of rotatable bonds is 13. The van der Waals surface area contributed by atoms with Crippen LogP contribution in [-0.4, -0.2) is 65.0 Å². The van der Waals surface area contributed by atoms with E-state index >= 15 is 0 Å². The number of aryl methyl sites for hydroxylation is 1. The highest BCUT2D eigenvalue weighted by Gasteiger charge is 2.07. The van der Waals surface area contributed by atoms with Gasteiger partial charge in [-0.2, -0.15) is 0 Å². The van der Waals surface area contributed by atoms with Crippen LogP contribution in [0.3, 0.4) is 0 Å². The molecular formula is C25H38N4O3. The summed E-state index contributed by atoms with van der Waals surface area (Å²) in [4.78, 5) is 6.87. The van der Waals surface area contributed by atoms with Crippen LogP contribution in [-0.2, 0) is 17.8 Å². The molecule has 0 saturated heterocycles. The molecule has 0 radical (unpaired) electrons. The molecule has 0 heterocycles. The van der Waals surface area contributed by atoms with Crippen LogP contribution in [0.1, 0.15) is 23.6 Å². The van der Waals surface area contributed by atoms with Crippen molar-refractivity contribution in [2.24, 2.45) is 4.99 Å². The molecule has 32 heavy (non-hydrogen) atoms. The summed E-state index contributed by atoms with van der Waals surface area (Å²) < 4.78 is 17.0. The van der Waals surface area contributed by atoms with Crippen LogP contribution in [0.5, 0.6) is 11.5 Å². The van der Waals surface area contributed by atoms with Gasteiger partial charge in [0, 0.05) is 37.9 Å². The minimum Gasteiger partial charge on any atom is -0.492 e. The maximum atomic E-state index is 5.96. The van der Waals surface area contributed by atoms with Gasteiger partial charge in [-0.25, -0.2) is 4.99 Å². The number of para-hydroxylation sites is 1. The van der Waals surface area contributed by atoms with E-state index in [9.17, 15) is 0 Å². The summed E-state index contributed by atoms with van der Waals surface area (Å²) in [6, 6.07) is 14.3. The fourth-order valence-corrected chi connectivity index (χ4v) is 2.98. The van der Waals surface area contributed by atoms with Gasteiger partial charge in [0.25, 0.3) is 0 Å². The fraction of sp³-hybridized carbons (Fsp3) is 0.480. The van der Waals surface area contributed by atoms with Gasteiger partial charge >= 0.3 is 0 Å². The van der Waals surface area contributed by atoms with Crippen LogP contribution < -0.4 is 20.1 Å².